The number of anilines is 8. The average molecular weight is 1540 g/mol. The van der Waals surface area contributed by atoms with Gasteiger partial charge in [-0.15, -0.1) is 11.3 Å². The monoisotopic (exact) mass is 1540 g/mol. The number of fused-ring (bicyclic) bond motifs is 8. The van der Waals surface area contributed by atoms with Crippen LogP contribution in [0, 0.1) is 20.8 Å². The molecule has 0 saturated heterocycles. The third-order valence-corrected chi connectivity index (χ3v) is 19.6. The zero-order valence-corrected chi connectivity index (χ0v) is 63.5. The summed E-state index contributed by atoms with van der Waals surface area (Å²) in [5, 5.41) is 33.8. The summed E-state index contributed by atoms with van der Waals surface area (Å²) < 4.78 is 10.2. The molecule has 114 heavy (non-hydrogen) atoms. The fourth-order valence-corrected chi connectivity index (χ4v) is 13.8. The van der Waals surface area contributed by atoms with Crippen molar-refractivity contribution in [2.24, 2.45) is 48.0 Å². The van der Waals surface area contributed by atoms with Crippen molar-refractivity contribution in [3.63, 3.8) is 0 Å². The molecule has 0 aliphatic carbocycles. The summed E-state index contributed by atoms with van der Waals surface area (Å²) in [7, 11) is 11.0. The predicted octanol–water partition coefficient (Wildman–Crippen LogP) is 7.83. The summed E-state index contributed by atoms with van der Waals surface area (Å²) in [5.41, 5.74) is 71.0. The van der Waals surface area contributed by atoms with Crippen molar-refractivity contribution in [1.29, 1.82) is 0 Å². The minimum atomic E-state index is 0.211. The Morgan fingerprint density at radius 3 is 1.09 bits per heavy atom. The Morgan fingerprint density at radius 2 is 0.684 bits per heavy atom. The van der Waals surface area contributed by atoms with E-state index in [0.717, 1.165) is 115 Å². The molecule has 0 saturated carbocycles. The number of nitrogens with one attached hydrogen (secondary N) is 2. The van der Waals surface area contributed by atoms with Crippen molar-refractivity contribution in [2.75, 3.05) is 45.9 Å². The van der Waals surface area contributed by atoms with Gasteiger partial charge in [-0.2, -0.15) is 30.6 Å². The molecular formula is C74H73N39S. The molecule has 3 aromatic carbocycles. The molecule has 20 N–H and O–H groups in total. The van der Waals surface area contributed by atoms with Crippen LogP contribution in [-0.4, -0.2) is 148 Å². The van der Waals surface area contributed by atoms with E-state index in [1.165, 1.54) is 59.9 Å². The molecule has 0 amide bonds. The quantitative estimate of drug-likeness (QED) is 0.0677. The lowest BCUT2D eigenvalue weighted by molar-refractivity contribution is 0.788. The Hall–Kier alpha value is -15.7. The standard InChI is InChI=1S/2C15H14N6.C12H12N6.C11H11N7.C11H12N6S.C10H10N8/c1-8-6-17-11-4-3-9(5-10(8)11)13-12-14(16)18-7-19-15(12)21(2)20-13;1-8-6-17-11-5-9(3-4-10(8)11)13-12-14(16)18-7-19-15(12)21(2)20-13;1-18-12-9(11(14)15-6-16-12)10(17-18)7-3-2-4-8(13)5-7;1-6-13-3-7(4-14-6)9-8-10(12)15-5-16-11(8)18(2)17-9;1-17-11-8(10(13)14-5-15-11)9(16-17)7-3-2-6(4-12)18-7;1-18-9-6(8(11)15-4-16-9)7(17-18)5-2-13-10(12)14-3-5/h2*3-7,17H,1-2H3,(H2,16,18,19);2-6H,13H2,1H3,(H2,14,15,16);3-5H,1-2H3,(H2,12,15,16);2-3,5H,4,12H2,1H3,(H2,13,14,15);2-4H,1H3,(H2,11,15,16)(H2,12,13,14). The minimum absolute atomic E-state index is 0.211. The van der Waals surface area contributed by atoms with Gasteiger partial charge in [-0.1, -0.05) is 30.3 Å². The first-order valence-corrected chi connectivity index (χ1v) is 35.6. The van der Waals surface area contributed by atoms with Crippen LogP contribution in [0.15, 0.2) is 148 Å². The highest BCUT2D eigenvalue weighted by Crippen LogP contribution is 2.38. The lowest BCUT2D eigenvalue weighted by Crippen LogP contribution is -1.95. The van der Waals surface area contributed by atoms with Gasteiger partial charge in [0.1, 0.15) is 113 Å². The first-order valence-electron chi connectivity index (χ1n) is 34.8. The molecule has 17 aromatic heterocycles. The van der Waals surface area contributed by atoms with Crippen LogP contribution in [-0.2, 0) is 48.8 Å². The number of H-pyrrole nitrogens is 2. The van der Waals surface area contributed by atoms with Crippen molar-refractivity contribution in [2.45, 2.75) is 27.3 Å². The van der Waals surface area contributed by atoms with Crippen molar-refractivity contribution in [3.8, 4) is 66.9 Å². The SMILES string of the molecule is Cc1c[nH]c2cc(-c3nn(C)c4ncnc(N)c34)ccc12.Cc1c[nH]c2ccc(-c3nn(C)c4ncnc(N)c34)cc12.Cc1ncc(-c2nn(C)c3ncnc(N)c23)cn1.Cn1nc(-c2ccc(CN)s2)c2c(N)ncnc21.Cn1nc(-c2cccc(N)c2)c2c(N)ncnc21.Cn1nc(-c2cnc(N)nc2)c2c(N)ncnc21. The van der Waals surface area contributed by atoms with Crippen molar-refractivity contribution >= 4 is 146 Å². The Bertz CT molecular complexity index is 6850. The lowest BCUT2D eigenvalue weighted by atomic mass is 10.1. The van der Waals surface area contributed by atoms with E-state index in [9.17, 15) is 0 Å². The van der Waals surface area contributed by atoms with Crippen LogP contribution < -0.4 is 51.6 Å². The van der Waals surface area contributed by atoms with E-state index in [1.54, 1.807) is 71.3 Å². The number of aromatic amines is 2. The summed E-state index contributed by atoms with van der Waals surface area (Å²) in [6.45, 7) is 6.52. The molecule has 0 aliphatic rings. The van der Waals surface area contributed by atoms with E-state index in [4.69, 9.17) is 51.6 Å². The number of benzene rings is 3. The molecule has 39 nitrogen and oxygen atoms in total. The van der Waals surface area contributed by atoms with Crippen LogP contribution in [0.1, 0.15) is 21.8 Å². The zero-order valence-electron chi connectivity index (χ0n) is 62.7. The largest absolute Gasteiger partial charge is 0.399 e. The van der Waals surface area contributed by atoms with E-state index in [1.807, 2.05) is 97.0 Å². The maximum absolute atomic E-state index is 6.02. The van der Waals surface area contributed by atoms with E-state index < -0.39 is 0 Å². The summed E-state index contributed by atoms with van der Waals surface area (Å²) in [4.78, 5) is 74.3. The van der Waals surface area contributed by atoms with Crippen LogP contribution >= 0.6 is 11.3 Å². The number of thiophene rings is 1. The zero-order chi connectivity index (χ0) is 79.9. The maximum atomic E-state index is 6.02. The van der Waals surface area contributed by atoms with Gasteiger partial charge in [-0.3, -0.25) is 0 Å². The highest BCUT2D eigenvalue weighted by atomic mass is 32.1. The predicted molar refractivity (Wildman–Crippen MR) is 441 cm³/mol. The van der Waals surface area contributed by atoms with E-state index in [2.05, 4.69) is 164 Å². The van der Waals surface area contributed by atoms with Gasteiger partial charge in [-0.05, 0) is 74.4 Å². The number of nitrogen functional groups attached to an aromatic ring is 8. The third kappa shape index (κ3) is 14.1. The van der Waals surface area contributed by atoms with Crippen molar-refractivity contribution in [1.82, 2.24) is 148 Å². The molecule has 0 unspecified atom stereocenters. The van der Waals surface area contributed by atoms with Crippen molar-refractivity contribution in [3.05, 3.63) is 170 Å². The molecule has 20 rings (SSSR count). The van der Waals surface area contributed by atoms with Crippen LogP contribution in [0.25, 0.3) is 155 Å². The topological polar surface area (TPSA) is 579 Å². The minimum Gasteiger partial charge on any atom is -0.399 e. The molecule has 20 aromatic rings. The maximum Gasteiger partial charge on any atom is 0.219 e. The molecule has 570 valence electrons. The summed E-state index contributed by atoms with van der Waals surface area (Å²) in [5.74, 6) is 3.48. The van der Waals surface area contributed by atoms with E-state index in [-0.39, 0.29) is 5.95 Å². The van der Waals surface area contributed by atoms with Crippen LogP contribution in [0.4, 0.5) is 46.5 Å². The van der Waals surface area contributed by atoms with Gasteiger partial charge in [0, 0.05) is 146 Å². The molecule has 0 aliphatic heterocycles. The number of nitrogens with zero attached hydrogens (tertiary/aromatic N) is 28. The van der Waals surface area contributed by atoms with E-state index in [0.29, 0.717) is 86.7 Å². The summed E-state index contributed by atoms with van der Waals surface area (Å²) in [6, 6.07) is 23.9. The second-order valence-corrected chi connectivity index (χ2v) is 27.2. The van der Waals surface area contributed by atoms with Gasteiger partial charge in [0.05, 0.1) is 37.2 Å². The number of hydrogen-bond acceptors (Lipinski definition) is 32. The Balaban J connectivity index is 0.000000108. The fraction of sp³-hybridized carbons (Fsp3) is 0.135. The lowest BCUT2D eigenvalue weighted by Gasteiger charge is -2.01. The summed E-state index contributed by atoms with van der Waals surface area (Å²) in [6.07, 6.45) is 19.3. The number of rotatable bonds is 7. The number of nitrogens with two attached hydrogens (primary N) is 9. The van der Waals surface area contributed by atoms with Crippen LogP contribution in [0.5, 0.6) is 0 Å². The molecule has 0 bridgehead atoms. The van der Waals surface area contributed by atoms with Gasteiger partial charge in [0.25, 0.3) is 0 Å². The highest BCUT2D eigenvalue weighted by Gasteiger charge is 2.23. The Kier molecular flexibility index (Phi) is 19.6. The van der Waals surface area contributed by atoms with Gasteiger partial charge in [-0.25, -0.2) is 108 Å². The number of aromatic nitrogens is 30. The fourth-order valence-electron chi connectivity index (χ4n) is 12.9. The molecule has 0 atom stereocenters. The second kappa shape index (κ2) is 30.4. The Labute approximate surface area is 648 Å². The number of hydrogen-bond donors (Lipinski definition) is 11. The smallest absolute Gasteiger partial charge is 0.219 e. The van der Waals surface area contributed by atoms with Gasteiger partial charge < -0.3 is 61.6 Å². The first-order chi connectivity index (χ1) is 55.0. The molecule has 0 radical (unpaired) electrons. The van der Waals surface area contributed by atoms with Crippen molar-refractivity contribution < 1.29 is 0 Å². The highest BCUT2D eigenvalue weighted by molar-refractivity contribution is 7.15. The van der Waals surface area contributed by atoms with Crippen LogP contribution in [0.3, 0.4) is 0 Å². The van der Waals surface area contributed by atoms with Crippen LogP contribution in [0.2, 0.25) is 0 Å². The average Bonchev–Trinajstić information content (AvgIpc) is 1.65. The molecule has 0 spiro atoms. The molecule has 40 heteroatoms. The number of aryl methyl sites for hydroxylation is 9. The van der Waals surface area contributed by atoms with E-state index >= 15 is 0 Å². The van der Waals surface area contributed by atoms with Gasteiger partial charge >= 0.3 is 0 Å². The van der Waals surface area contributed by atoms with Gasteiger partial charge in [0.15, 0.2) is 33.9 Å². The third-order valence-electron chi connectivity index (χ3n) is 18.5. The normalized spacial score (nSPS) is 11.2. The molecule has 17 heterocycles. The second-order valence-electron chi connectivity index (χ2n) is 26.0. The molecular weight excluding hydrogens is 1470 g/mol. The molecule has 0 fully saturated rings. The first kappa shape index (κ1) is 73.8. The Morgan fingerprint density at radius 1 is 0.333 bits per heavy atom. The summed E-state index contributed by atoms with van der Waals surface area (Å²) >= 11 is 1.61. The van der Waals surface area contributed by atoms with Gasteiger partial charge in [0.2, 0.25) is 5.95 Å².